The highest BCUT2D eigenvalue weighted by Crippen LogP contribution is 2.06. The first-order valence-electron chi connectivity index (χ1n) is 7.99. The Bertz CT molecular complexity index is 657. The maximum absolute atomic E-state index is 12.8. The SMILES string of the molecule is O=C(CCCc1ccc(F)cc1)NCCNC(=O)c1ccccc1. The minimum Gasteiger partial charge on any atom is -0.354 e. The maximum Gasteiger partial charge on any atom is 0.251 e. The molecular formula is C19H21FN2O2. The van der Waals surface area contributed by atoms with E-state index in [2.05, 4.69) is 10.6 Å². The molecule has 2 aromatic carbocycles. The van der Waals surface area contributed by atoms with E-state index in [0.717, 1.165) is 12.0 Å². The summed E-state index contributed by atoms with van der Waals surface area (Å²) in [4.78, 5) is 23.5. The molecular weight excluding hydrogens is 307 g/mol. The van der Waals surface area contributed by atoms with Crippen LogP contribution in [0.5, 0.6) is 0 Å². The Balaban J connectivity index is 1.56. The lowest BCUT2D eigenvalue weighted by Gasteiger charge is -2.07. The van der Waals surface area contributed by atoms with Crippen molar-refractivity contribution >= 4 is 11.8 Å². The summed E-state index contributed by atoms with van der Waals surface area (Å²) in [5.74, 6) is -0.457. The van der Waals surface area contributed by atoms with Gasteiger partial charge < -0.3 is 10.6 Å². The zero-order valence-corrected chi connectivity index (χ0v) is 13.4. The van der Waals surface area contributed by atoms with Gasteiger partial charge in [0.25, 0.3) is 5.91 Å². The molecule has 0 aliphatic heterocycles. The van der Waals surface area contributed by atoms with Crippen molar-refractivity contribution in [3.05, 3.63) is 71.5 Å². The van der Waals surface area contributed by atoms with Gasteiger partial charge in [-0.2, -0.15) is 0 Å². The van der Waals surface area contributed by atoms with E-state index in [0.29, 0.717) is 31.5 Å². The Kier molecular flexibility index (Phi) is 6.95. The predicted octanol–water partition coefficient (Wildman–Crippen LogP) is 2.69. The molecule has 0 heterocycles. The van der Waals surface area contributed by atoms with E-state index in [1.54, 1.807) is 36.4 Å². The molecule has 0 saturated carbocycles. The van der Waals surface area contributed by atoms with E-state index in [4.69, 9.17) is 0 Å². The van der Waals surface area contributed by atoms with Crippen molar-refractivity contribution in [2.24, 2.45) is 0 Å². The van der Waals surface area contributed by atoms with Gasteiger partial charge in [0, 0.05) is 25.1 Å². The van der Waals surface area contributed by atoms with Crippen LogP contribution in [0.2, 0.25) is 0 Å². The summed E-state index contributed by atoms with van der Waals surface area (Å²) in [6, 6.07) is 15.2. The largest absolute Gasteiger partial charge is 0.354 e. The lowest BCUT2D eigenvalue weighted by Crippen LogP contribution is -2.34. The van der Waals surface area contributed by atoms with Gasteiger partial charge in [-0.25, -0.2) is 4.39 Å². The van der Waals surface area contributed by atoms with Crippen LogP contribution in [0.4, 0.5) is 4.39 Å². The Morgan fingerprint density at radius 3 is 2.25 bits per heavy atom. The quantitative estimate of drug-likeness (QED) is 0.732. The number of carbonyl (C=O) groups is 2. The van der Waals surface area contributed by atoms with Gasteiger partial charge in [-0.05, 0) is 42.7 Å². The predicted molar refractivity (Wildman–Crippen MR) is 91.1 cm³/mol. The summed E-state index contributed by atoms with van der Waals surface area (Å²) in [5.41, 5.74) is 1.61. The molecule has 0 radical (unpaired) electrons. The highest BCUT2D eigenvalue weighted by atomic mass is 19.1. The summed E-state index contributed by atoms with van der Waals surface area (Å²) in [6.07, 6.45) is 1.84. The summed E-state index contributed by atoms with van der Waals surface area (Å²) < 4.78 is 12.8. The van der Waals surface area contributed by atoms with Crippen LogP contribution in [0, 0.1) is 5.82 Å². The number of rotatable bonds is 8. The molecule has 24 heavy (non-hydrogen) atoms. The average molecular weight is 328 g/mol. The molecule has 2 amide bonds. The molecule has 2 N–H and O–H groups in total. The van der Waals surface area contributed by atoms with Crippen molar-refractivity contribution in [1.82, 2.24) is 10.6 Å². The first kappa shape index (κ1) is 17.7. The summed E-state index contributed by atoms with van der Waals surface area (Å²) in [7, 11) is 0. The molecule has 2 aromatic rings. The molecule has 4 nitrogen and oxygen atoms in total. The second kappa shape index (κ2) is 9.45. The molecule has 0 unspecified atom stereocenters. The van der Waals surface area contributed by atoms with E-state index in [9.17, 15) is 14.0 Å². The third-order valence-corrected chi connectivity index (χ3v) is 3.55. The number of amides is 2. The zero-order valence-electron chi connectivity index (χ0n) is 13.4. The van der Waals surface area contributed by atoms with Crippen molar-refractivity contribution in [1.29, 1.82) is 0 Å². The third-order valence-electron chi connectivity index (χ3n) is 3.55. The molecule has 0 spiro atoms. The molecule has 126 valence electrons. The van der Waals surface area contributed by atoms with E-state index in [-0.39, 0.29) is 17.6 Å². The van der Waals surface area contributed by atoms with Gasteiger partial charge in [0.15, 0.2) is 0 Å². The second-order valence-corrected chi connectivity index (χ2v) is 5.45. The highest BCUT2D eigenvalue weighted by Gasteiger charge is 2.04. The number of benzene rings is 2. The van der Waals surface area contributed by atoms with Gasteiger partial charge in [-0.15, -0.1) is 0 Å². The topological polar surface area (TPSA) is 58.2 Å². The molecule has 0 atom stereocenters. The fraction of sp³-hybridized carbons (Fsp3) is 0.263. The number of nitrogens with one attached hydrogen (secondary N) is 2. The third kappa shape index (κ3) is 6.20. The normalized spacial score (nSPS) is 10.2. The van der Waals surface area contributed by atoms with Crippen LogP contribution in [0.1, 0.15) is 28.8 Å². The molecule has 0 aliphatic carbocycles. The Labute approximate surface area is 141 Å². The Morgan fingerprint density at radius 1 is 0.875 bits per heavy atom. The van der Waals surface area contributed by atoms with Gasteiger partial charge in [0.2, 0.25) is 5.91 Å². The minimum atomic E-state index is -0.256. The van der Waals surface area contributed by atoms with Crippen molar-refractivity contribution in [2.45, 2.75) is 19.3 Å². The van der Waals surface area contributed by atoms with Crippen molar-refractivity contribution < 1.29 is 14.0 Å². The first-order valence-corrected chi connectivity index (χ1v) is 7.99. The fourth-order valence-electron chi connectivity index (χ4n) is 2.26. The Morgan fingerprint density at radius 2 is 1.54 bits per heavy atom. The van der Waals surface area contributed by atoms with E-state index < -0.39 is 0 Å². The lowest BCUT2D eigenvalue weighted by atomic mass is 10.1. The van der Waals surface area contributed by atoms with Crippen LogP contribution in [0.15, 0.2) is 54.6 Å². The van der Waals surface area contributed by atoms with Gasteiger partial charge in [0.1, 0.15) is 5.82 Å². The second-order valence-electron chi connectivity index (χ2n) is 5.45. The van der Waals surface area contributed by atoms with Crippen LogP contribution >= 0.6 is 0 Å². The number of aryl methyl sites for hydroxylation is 1. The van der Waals surface area contributed by atoms with Crippen molar-refractivity contribution in [2.75, 3.05) is 13.1 Å². The van der Waals surface area contributed by atoms with Crippen LogP contribution in [-0.2, 0) is 11.2 Å². The van der Waals surface area contributed by atoms with E-state index in [1.165, 1.54) is 12.1 Å². The average Bonchev–Trinajstić information content (AvgIpc) is 2.61. The molecule has 5 heteroatoms. The first-order chi connectivity index (χ1) is 11.6. The van der Waals surface area contributed by atoms with E-state index >= 15 is 0 Å². The molecule has 0 saturated heterocycles. The molecule has 0 bridgehead atoms. The number of halogens is 1. The van der Waals surface area contributed by atoms with Crippen LogP contribution in [0.3, 0.4) is 0 Å². The van der Waals surface area contributed by atoms with Crippen molar-refractivity contribution in [3.63, 3.8) is 0 Å². The summed E-state index contributed by atoms with van der Waals surface area (Å²) >= 11 is 0. The maximum atomic E-state index is 12.8. The summed E-state index contributed by atoms with van der Waals surface area (Å²) in [6.45, 7) is 0.783. The molecule has 0 aromatic heterocycles. The smallest absolute Gasteiger partial charge is 0.251 e. The van der Waals surface area contributed by atoms with Crippen LogP contribution in [0.25, 0.3) is 0 Å². The standard InChI is InChI=1S/C19H21FN2O2/c20-17-11-9-15(10-12-17)5-4-8-18(23)21-13-14-22-19(24)16-6-2-1-3-7-16/h1-3,6-7,9-12H,4-5,8,13-14H2,(H,21,23)(H,22,24). The van der Waals surface area contributed by atoms with Gasteiger partial charge in [-0.1, -0.05) is 30.3 Å². The lowest BCUT2D eigenvalue weighted by molar-refractivity contribution is -0.121. The van der Waals surface area contributed by atoms with Gasteiger partial charge >= 0.3 is 0 Å². The zero-order chi connectivity index (χ0) is 17.2. The monoisotopic (exact) mass is 328 g/mol. The molecule has 0 aliphatic rings. The molecule has 0 fully saturated rings. The highest BCUT2D eigenvalue weighted by molar-refractivity contribution is 5.94. The van der Waals surface area contributed by atoms with Crippen LogP contribution in [-0.4, -0.2) is 24.9 Å². The molecule has 2 rings (SSSR count). The number of hydrogen-bond donors (Lipinski definition) is 2. The Hall–Kier alpha value is -2.69. The van der Waals surface area contributed by atoms with Crippen LogP contribution < -0.4 is 10.6 Å². The number of carbonyl (C=O) groups excluding carboxylic acids is 2. The van der Waals surface area contributed by atoms with Gasteiger partial charge in [-0.3, -0.25) is 9.59 Å². The van der Waals surface area contributed by atoms with Gasteiger partial charge in [0.05, 0.1) is 0 Å². The van der Waals surface area contributed by atoms with Crippen molar-refractivity contribution in [3.8, 4) is 0 Å². The minimum absolute atomic E-state index is 0.0499. The van der Waals surface area contributed by atoms with E-state index in [1.807, 2.05) is 6.07 Å². The fourth-order valence-corrected chi connectivity index (χ4v) is 2.26. The summed E-state index contributed by atoms with van der Waals surface area (Å²) in [5, 5.41) is 5.52. The number of hydrogen-bond acceptors (Lipinski definition) is 2.